The zero-order valence-electron chi connectivity index (χ0n) is 13.7. The first-order chi connectivity index (χ1) is 12.8. The summed E-state index contributed by atoms with van der Waals surface area (Å²) in [6.07, 6.45) is 0. The summed E-state index contributed by atoms with van der Waals surface area (Å²) in [6.45, 7) is -0.363. The molecule has 8 heteroatoms. The molecule has 0 aliphatic rings. The molecule has 0 saturated carbocycles. The van der Waals surface area contributed by atoms with Gasteiger partial charge in [-0.1, -0.05) is 23.2 Å². The minimum Gasteiger partial charge on any atom is -0.508 e. The number of carboxylic acid groups (broad SMARTS) is 1. The van der Waals surface area contributed by atoms with Gasteiger partial charge in [-0.2, -0.15) is 0 Å². The van der Waals surface area contributed by atoms with Crippen molar-refractivity contribution in [3.8, 4) is 11.5 Å². The molecule has 0 spiro atoms. The number of fused-ring (bicyclic) bond motifs is 1. The number of anilines is 1. The smallest absolute Gasteiger partial charge is 0.335 e. The first kappa shape index (κ1) is 18.8. The first-order valence-electron chi connectivity index (χ1n) is 7.71. The van der Waals surface area contributed by atoms with Crippen molar-refractivity contribution >= 4 is 51.5 Å². The maximum absolute atomic E-state index is 12.1. The summed E-state index contributed by atoms with van der Waals surface area (Å²) in [4.78, 5) is 23.4. The summed E-state index contributed by atoms with van der Waals surface area (Å²) >= 11 is 12.2. The number of carboxylic acids is 1. The maximum Gasteiger partial charge on any atom is 0.335 e. The standard InChI is InChI=1S/C19H13Cl2NO5/c20-12-6-10-5-11(19(25)26)7-16(18(10)15(21)8-12)27-9-17(24)22-13-1-3-14(23)4-2-13/h1-8,23H,9H2,(H,22,24)(H,25,26). The number of phenols is 1. The highest BCUT2D eigenvalue weighted by atomic mass is 35.5. The number of carbonyl (C=O) groups is 2. The lowest BCUT2D eigenvalue weighted by Crippen LogP contribution is -2.20. The van der Waals surface area contributed by atoms with E-state index in [9.17, 15) is 19.8 Å². The molecule has 0 fully saturated rings. The summed E-state index contributed by atoms with van der Waals surface area (Å²) in [5.74, 6) is -1.37. The van der Waals surface area contributed by atoms with E-state index in [2.05, 4.69) is 5.32 Å². The van der Waals surface area contributed by atoms with Crippen LogP contribution in [0.4, 0.5) is 5.69 Å². The molecule has 0 aliphatic carbocycles. The second kappa shape index (κ2) is 7.73. The molecule has 0 unspecified atom stereocenters. The van der Waals surface area contributed by atoms with Crippen molar-refractivity contribution in [1.29, 1.82) is 0 Å². The Morgan fingerprint density at radius 2 is 1.74 bits per heavy atom. The molecule has 0 atom stereocenters. The molecular formula is C19H13Cl2NO5. The number of benzene rings is 3. The van der Waals surface area contributed by atoms with Crippen LogP contribution in [-0.2, 0) is 4.79 Å². The van der Waals surface area contributed by atoms with Crippen molar-refractivity contribution in [3.05, 3.63) is 64.1 Å². The lowest BCUT2D eigenvalue weighted by Gasteiger charge is -2.12. The summed E-state index contributed by atoms with van der Waals surface area (Å²) in [7, 11) is 0. The Morgan fingerprint density at radius 1 is 1.04 bits per heavy atom. The minimum atomic E-state index is -1.15. The number of hydrogen-bond donors (Lipinski definition) is 3. The van der Waals surface area contributed by atoms with E-state index in [0.29, 0.717) is 21.5 Å². The van der Waals surface area contributed by atoms with Crippen LogP contribution in [0, 0.1) is 0 Å². The number of halogens is 2. The molecule has 0 aliphatic heterocycles. The maximum atomic E-state index is 12.1. The van der Waals surface area contributed by atoms with E-state index in [4.69, 9.17) is 27.9 Å². The van der Waals surface area contributed by atoms with Crippen molar-refractivity contribution < 1.29 is 24.5 Å². The number of rotatable bonds is 5. The highest BCUT2D eigenvalue weighted by Gasteiger charge is 2.15. The van der Waals surface area contributed by atoms with Crippen molar-refractivity contribution in [1.82, 2.24) is 0 Å². The van der Waals surface area contributed by atoms with Gasteiger partial charge in [0.1, 0.15) is 11.5 Å². The van der Waals surface area contributed by atoms with E-state index in [1.54, 1.807) is 6.07 Å². The quantitative estimate of drug-likeness (QED) is 0.540. The van der Waals surface area contributed by atoms with Crippen molar-refractivity contribution in [2.75, 3.05) is 11.9 Å². The molecule has 0 aromatic heterocycles. The normalized spacial score (nSPS) is 10.6. The molecule has 138 valence electrons. The third-order valence-electron chi connectivity index (χ3n) is 3.69. The number of ether oxygens (including phenoxy) is 1. The molecule has 0 heterocycles. The predicted molar refractivity (Wildman–Crippen MR) is 103 cm³/mol. The molecule has 0 bridgehead atoms. The third kappa shape index (κ3) is 4.42. The van der Waals surface area contributed by atoms with Gasteiger partial charge in [0.2, 0.25) is 0 Å². The number of hydrogen-bond acceptors (Lipinski definition) is 4. The molecular weight excluding hydrogens is 393 g/mol. The number of aromatic hydroxyl groups is 1. The zero-order chi connectivity index (χ0) is 19.6. The van der Waals surface area contributed by atoms with E-state index in [0.717, 1.165) is 0 Å². The Kier molecular flexibility index (Phi) is 5.39. The number of carbonyl (C=O) groups excluding carboxylic acids is 1. The number of phenolic OH excluding ortho intramolecular Hbond substituents is 1. The Bertz CT molecular complexity index is 1030. The molecule has 0 radical (unpaired) electrons. The van der Waals surface area contributed by atoms with Crippen molar-refractivity contribution in [2.45, 2.75) is 0 Å². The Hall–Kier alpha value is -2.96. The summed E-state index contributed by atoms with van der Waals surface area (Å²) in [6, 6.07) is 11.7. The van der Waals surface area contributed by atoms with Crippen LogP contribution in [-0.4, -0.2) is 28.7 Å². The van der Waals surface area contributed by atoms with Gasteiger partial charge in [-0.25, -0.2) is 4.79 Å². The van der Waals surface area contributed by atoms with Crippen LogP contribution in [0.2, 0.25) is 10.0 Å². The zero-order valence-corrected chi connectivity index (χ0v) is 15.2. The average Bonchev–Trinajstić information content (AvgIpc) is 2.60. The molecule has 3 rings (SSSR count). The van der Waals surface area contributed by atoms with Gasteiger partial charge >= 0.3 is 5.97 Å². The van der Waals surface area contributed by atoms with Gasteiger partial charge in [0.05, 0.1) is 10.6 Å². The Balaban J connectivity index is 1.85. The van der Waals surface area contributed by atoms with Crippen LogP contribution in [0.5, 0.6) is 11.5 Å². The fourth-order valence-electron chi connectivity index (χ4n) is 2.51. The van der Waals surface area contributed by atoms with E-state index < -0.39 is 11.9 Å². The van der Waals surface area contributed by atoms with E-state index in [1.807, 2.05) is 0 Å². The lowest BCUT2D eigenvalue weighted by atomic mass is 10.1. The van der Waals surface area contributed by atoms with Gasteiger partial charge in [0.25, 0.3) is 5.91 Å². The number of aromatic carboxylic acids is 1. The Morgan fingerprint density at radius 3 is 2.41 bits per heavy atom. The second-order valence-electron chi connectivity index (χ2n) is 5.65. The third-order valence-corrected chi connectivity index (χ3v) is 4.20. The van der Waals surface area contributed by atoms with Gasteiger partial charge in [-0.3, -0.25) is 4.79 Å². The monoisotopic (exact) mass is 405 g/mol. The van der Waals surface area contributed by atoms with E-state index in [1.165, 1.54) is 42.5 Å². The van der Waals surface area contributed by atoms with Gasteiger partial charge in [0, 0.05) is 16.1 Å². The van der Waals surface area contributed by atoms with Crippen LogP contribution in [0.3, 0.4) is 0 Å². The van der Waals surface area contributed by atoms with E-state index >= 15 is 0 Å². The first-order valence-corrected chi connectivity index (χ1v) is 8.47. The molecule has 3 N–H and O–H groups in total. The van der Waals surface area contributed by atoms with Crippen LogP contribution in [0.15, 0.2) is 48.5 Å². The van der Waals surface area contributed by atoms with Crippen LogP contribution >= 0.6 is 23.2 Å². The lowest BCUT2D eigenvalue weighted by molar-refractivity contribution is -0.118. The Labute approximate surface area is 163 Å². The van der Waals surface area contributed by atoms with E-state index in [-0.39, 0.29) is 28.7 Å². The minimum absolute atomic E-state index is 0.0187. The highest BCUT2D eigenvalue weighted by Crippen LogP contribution is 2.36. The molecule has 1 amide bonds. The SMILES string of the molecule is O=C(COc1cc(C(=O)O)cc2cc(Cl)cc(Cl)c12)Nc1ccc(O)cc1. The van der Waals surface area contributed by atoms with Crippen LogP contribution in [0.25, 0.3) is 10.8 Å². The van der Waals surface area contributed by atoms with Gasteiger partial charge in [-0.15, -0.1) is 0 Å². The van der Waals surface area contributed by atoms with Crippen molar-refractivity contribution in [2.24, 2.45) is 0 Å². The molecule has 3 aromatic carbocycles. The molecule has 3 aromatic rings. The molecule has 27 heavy (non-hydrogen) atoms. The highest BCUT2D eigenvalue weighted by molar-refractivity contribution is 6.39. The topological polar surface area (TPSA) is 95.9 Å². The fraction of sp³-hybridized carbons (Fsp3) is 0.0526. The van der Waals surface area contributed by atoms with Gasteiger partial charge in [0.15, 0.2) is 6.61 Å². The second-order valence-corrected chi connectivity index (χ2v) is 6.49. The van der Waals surface area contributed by atoms with Crippen molar-refractivity contribution in [3.63, 3.8) is 0 Å². The summed E-state index contributed by atoms with van der Waals surface area (Å²) < 4.78 is 5.54. The average molecular weight is 406 g/mol. The summed E-state index contributed by atoms with van der Waals surface area (Å²) in [5.41, 5.74) is 0.463. The summed E-state index contributed by atoms with van der Waals surface area (Å²) in [5, 5.41) is 22.7. The largest absolute Gasteiger partial charge is 0.508 e. The van der Waals surface area contributed by atoms with Gasteiger partial charge < -0.3 is 20.3 Å². The molecule has 6 nitrogen and oxygen atoms in total. The molecule has 0 saturated heterocycles. The fourth-order valence-corrected chi connectivity index (χ4v) is 3.11. The van der Waals surface area contributed by atoms with Crippen LogP contribution in [0.1, 0.15) is 10.4 Å². The number of amides is 1. The van der Waals surface area contributed by atoms with Crippen LogP contribution < -0.4 is 10.1 Å². The number of nitrogens with one attached hydrogen (secondary N) is 1. The van der Waals surface area contributed by atoms with Gasteiger partial charge in [-0.05, 0) is 53.9 Å². The predicted octanol–water partition coefficient (Wildman–Crippen LogP) is 4.57.